The van der Waals surface area contributed by atoms with E-state index in [1.807, 2.05) is 0 Å². The van der Waals surface area contributed by atoms with Crippen molar-refractivity contribution >= 4 is 40.0 Å². The fourth-order valence-corrected chi connectivity index (χ4v) is 4.13. The van der Waals surface area contributed by atoms with Crippen LogP contribution < -0.4 is 4.90 Å². The van der Waals surface area contributed by atoms with Crippen molar-refractivity contribution in [2.24, 2.45) is 0 Å². The molecule has 0 heterocycles. The van der Waals surface area contributed by atoms with Crippen LogP contribution in [0.15, 0.2) is 115 Å². The minimum absolute atomic E-state index is 1.14. The van der Waals surface area contributed by atoms with E-state index in [0.717, 1.165) is 11.4 Å². The predicted molar refractivity (Wildman–Crippen MR) is 143 cm³/mol. The lowest BCUT2D eigenvalue weighted by Crippen LogP contribution is -2.10. The lowest BCUT2D eigenvalue weighted by molar-refractivity contribution is 1.29. The highest BCUT2D eigenvalue weighted by Crippen LogP contribution is 2.38. The van der Waals surface area contributed by atoms with Gasteiger partial charge >= 0.3 is 0 Å². The van der Waals surface area contributed by atoms with E-state index in [1.54, 1.807) is 0 Å². The van der Waals surface area contributed by atoms with Crippen LogP contribution in [0.4, 0.5) is 17.1 Å². The number of aryl methyl sites for hydroxylation is 2. The minimum atomic E-state index is 1.14. The molecule has 0 atom stereocenters. The third-order valence-corrected chi connectivity index (χ3v) is 6.00. The van der Waals surface area contributed by atoms with Gasteiger partial charge in [0.2, 0.25) is 0 Å². The number of anilines is 3. The Morgan fingerprint density at radius 2 is 0.970 bits per heavy atom. The quantitative estimate of drug-likeness (QED) is 0.254. The summed E-state index contributed by atoms with van der Waals surface area (Å²) in [6, 6.07) is 41.2. The average molecular weight is 426 g/mol. The van der Waals surface area contributed by atoms with Crippen LogP contribution in [0.25, 0.3) is 22.9 Å². The molecule has 0 aliphatic heterocycles. The van der Waals surface area contributed by atoms with E-state index in [1.165, 1.54) is 38.7 Å². The van der Waals surface area contributed by atoms with Crippen molar-refractivity contribution in [2.75, 3.05) is 4.90 Å². The molecule has 0 unspecified atom stereocenters. The van der Waals surface area contributed by atoms with Crippen LogP contribution in [0.5, 0.6) is 0 Å². The number of fused-ring (bicyclic) bond motifs is 1. The van der Waals surface area contributed by atoms with Gasteiger partial charge in [-0.1, -0.05) is 108 Å². The van der Waals surface area contributed by atoms with Gasteiger partial charge in [0, 0.05) is 16.8 Å². The fourth-order valence-electron chi connectivity index (χ4n) is 4.13. The van der Waals surface area contributed by atoms with E-state index in [4.69, 9.17) is 0 Å². The maximum atomic E-state index is 2.34. The normalized spacial score (nSPS) is 11.2. The summed E-state index contributed by atoms with van der Waals surface area (Å²) in [7, 11) is 0. The van der Waals surface area contributed by atoms with Gasteiger partial charge in [-0.2, -0.15) is 0 Å². The molecule has 0 aliphatic rings. The topological polar surface area (TPSA) is 3.24 Å². The SMILES string of the molecule is Cc1ccc(/C=C/c2ccc(N(c3ccc(C)cc3)c3cccc4ccccc34)cc2)cc1. The Morgan fingerprint density at radius 1 is 0.485 bits per heavy atom. The molecule has 5 aromatic rings. The first-order valence-corrected chi connectivity index (χ1v) is 11.4. The number of benzene rings is 5. The van der Waals surface area contributed by atoms with Gasteiger partial charge in [0.1, 0.15) is 0 Å². The first-order chi connectivity index (χ1) is 16.2. The third kappa shape index (κ3) is 4.58. The largest absolute Gasteiger partial charge is 0.310 e. The molecule has 1 nitrogen and oxygen atoms in total. The summed E-state index contributed by atoms with van der Waals surface area (Å²) < 4.78 is 0. The summed E-state index contributed by atoms with van der Waals surface area (Å²) >= 11 is 0. The Hall–Kier alpha value is -4.10. The van der Waals surface area contributed by atoms with Crippen LogP contribution in [0, 0.1) is 13.8 Å². The molecule has 0 fully saturated rings. The number of nitrogens with zero attached hydrogens (tertiary/aromatic N) is 1. The van der Waals surface area contributed by atoms with Gasteiger partial charge in [0.25, 0.3) is 0 Å². The van der Waals surface area contributed by atoms with Gasteiger partial charge in [0.15, 0.2) is 0 Å². The summed E-state index contributed by atoms with van der Waals surface area (Å²) in [4.78, 5) is 2.34. The van der Waals surface area contributed by atoms with Crippen LogP contribution in [-0.4, -0.2) is 0 Å². The molecule has 5 aromatic carbocycles. The van der Waals surface area contributed by atoms with Crippen LogP contribution in [-0.2, 0) is 0 Å². The molecule has 0 aromatic heterocycles. The Bertz CT molecular complexity index is 1390. The molecule has 33 heavy (non-hydrogen) atoms. The second kappa shape index (κ2) is 9.18. The molecule has 0 amide bonds. The molecule has 0 bridgehead atoms. The third-order valence-electron chi connectivity index (χ3n) is 6.00. The monoisotopic (exact) mass is 425 g/mol. The molecular weight excluding hydrogens is 398 g/mol. The van der Waals surface area contributed by atoms with Gasteiger partial charge in [-0.05, 0) is 60.7 Å². The summed E-state index contributed by atoms with van der Waals surface area (Å²) in [6.45, 7) is 4.24. The highest BCUT2D eigenvalue weighted by Gasteiger charge is 2.14. The first-order valence-electron chi connectivity index (χ1n) is 11.4. The Morgan fingerprint density at radius 3 is 1.61 bits per heavy atom. The molecule has 0 saturated heterocycles. The molecule has 0 spiro atoms. The zero-order valence-corrected chi connectivity index (χ0v) is 19.1. The van der Waals surface area contributed by atoms with E-state index >= 15 is 0 Å². The minimum Gasteiger partial charge on any atom is -0.310 e. The predicted octanol–water partition coefficient (Wildman–Crippen LogP) is 9.10. The standard InChI is InChI=1S/C32H27N/c1-24-10-14-26(15-11-24)16-17-27-18-22-30(23-19-27)33(29-20-12-25(2)13-21-29)32-9-5-7-28-6-3-4-8-31(28)32/h3-23H,1-2H3/b17-16+. The molecule has 5 rings (SSSR count). The van der Waals surface area contributed by atoms with Crippen molar-refractivity contribution in [1.82, 2.24) is 0 Å². The van der Waals surface area contributed by atoms with E-state index in [2.05, 4.69) is 146 Å². The second-order valence-corrected chi connectivity index (χ2v) is 8.50. The lowest BCUT2D eigenvalue weighted by Gasteiger charge is -2.27. The van der Waals surface area contributed by atoms with Crippen molar-refractivity contribution in [3.8, 4) is 0 Å². The Labute approximate surface area is 196 Å². The maximum Gasteiger partial charge on any atom is 0.0540 e. The summed E-state index contributed by atoms with van der Waals surface area (Å²) in [6.07, 6.45) is 4.33. The Kier molecular flexibility index (Phi) is 5.78. The van der Waals surface area contributed by atoms with Crippen LogP contribution in [0.2, 0.25) is 0 Å². The molecule has 160 valence electrons. The van der Waals surface area contributed by atoms with Crippen molar-refractivity contribution in [3.05, 3.63) is 138 Å². The van der Waals surface area contributed by atoms with Crippen molar-refractivity contribution in [1.29, 1.82) is 0 Å². The van der Waals surface area contributed by atoms with Gasteiger partial charge < -0.3 is 4.90 Å². The van der Waals surface area contributed by atoms with Crippen molar-refractivity contribution in [3.63, 3.8) is 0 Å². The molecule has 0 radical (unpaired) electrons. The fraction of sp³-hybridized carbons (Fsp3) is 0.0625. The molecule has 0 N–H and O–H groups in total. The van der Waals surface area contributed by atoms with Crippen LogP contribution in [0.3, 0.4) is 0 Å². The highest BCUT2D eigenvalue weighted by molar-refractivity contribution is 5.98. The number of hydrogen-bond acceptors (Lipinski definition) is 1. The summed E-state index contributed by atoms with van der Waals surface area (Å²) in [5.74, 6) is 0. The Balaban J connectivity index is 1.54. The second-order valence-electron chi connectivity index (χ2n) is 8.50. The maximum absolute atomic E-state index is 2.34. The zero-order valence-electron chi connectivity index (χ0n) is 19.1. The van der Waals surface area contributed by atoms with Gasteiger partial charge in [-0.15, -0.1) is 0 Å². The van der Waals surface area contributed by atoms with Gasteiger partial charge in [-0.3, -0.25) is 0 Å². The van der Waals surface area contributed by atoms with Crippen molar-refractivity contribution in [2.45, 2.75) is 13.8 Å². The lowest BCUT2D eigenvalue weighted by atomic mass is 10.1. The summed E-state index contributed by atoms with van der Waals surface area (Å²) in [5.41, 5.74) is 8.40. The highest BCUT2D eigenvalue weighted by atomic mass is 15.1. The molecule has 0 aliphatic carbocycles. The van der Waals surface area contributed by atoms with E-state index in [0.29, 0.717) is 0 Å². The van der Waals surface area contributed by atoms with E-state index in [9.17, 15) is 0 Å². The van der Waals surface area contributed by atoms with Crippen LogP contribution in [0.1, 0.15) is 22.3 Å². The average Bonchev–Trinajstić information content (AvgIpc) is 2.86. The van der Waals surface area contributed by atoms with Crippen molar-refractivity contribution < 1.29 is 0 Å². The molecular formula is C32H27N. The molecule has 1 heteroatoms. The van der Waals surface area contributed by atoms with E-state index in [-0.39, 0.29) is 0 Å². The first kappa shape index (κ1) is 20.8. The number of hydrogen-bond donors (Lipinski definition) is 0. The molecule has 0 saturated carbocycles. The van der Waals surface area contributed by atoms with Gasteiger partial charge in [0.05, 0.1) is 5.69 Å². The van der Waals surface area contributed by atoms with Gasteiger partial charge in [-0.25, -0.2) is 0 Å². The zero-order chi connectivity index (χ0) is 22.6. The van der Waals surface area contributed by atoms with Crippen LogP contribution >= 0.6 is 0 Å². The smallest absolute Gasteiger partial charge is 0.0540 e. The number of rotatable bonds is 5. The summed E-state index contributed by atoms with van der Waals surface area (Å²) in [5, 5.41) is 2.48. The van der Waals surface area contributed by atoms with E-state index < -0.39 is 0 Å².